The Morgan fingerprint density at radius 1 is 1.35 bits per heavy atom. The minimum atomic E-state index is -0.566. The summed E-state index contributed by atoms with van der Waals surface area (Å²) in [6.07, 6.45) is 0. The summed E-state index contributed by atoms with van der Waals surface area (Å²) in [5.41, 5.74) is 0.0298. The molecule has 1 aromatic rings. The number of piperazine rings is 1. The molecule has 3 nitrogen and oxygen atoms in total. The van der Waals surface area contributed by atoms with Gasteiger partial charge in [-0.3, -0.25) is 9.69 Å². The zero-order valence-corrected chi connectivity index (χ0v) is 9.54. The number of hydrogen-bond acceptors (Lipinski definition) is 2. The van der Waals surface area contributed by atoms with Crippen molar-refractivity contribution in [1.29, 1.82) is 0 Å². The van der Waals surface area contributed by atoms with E-state index in [1.807, 2.05) is 0 Å². The predicted molar refractivity (Wildman–Crippen MR) is 59.4 cm³/mol. The van der Waals surface area contributed by atoms with Gasteiger partial charge in [0.15, 0.2) is 0 Å². The van der Waals surface area contributed by atoms with Crippen LogP contribution >= 0.6 is 0 Å². The van der Waals surface area contributed by atoms with Gasteiger partial charge in [0.25, 0.3) is 0 Å². The fourth-order valence-corrected chi connectivity index (χ4v) is 2.08. The van der Waals surface area contributed by atoms with Crippen molar-refractivity contribution in [2.45, 2.75) is 13.0 Å². The normalized spacial score (nSPS) is 18.9. The van der Waals surface area contributed by atoms with E-state index in [0.29, 0.717) is 13.1 Å². The SMILES string of the molecule is CC(c1c(F)cccc1F)N1CCNC(=O)C1. The zero-order chi connectivity index (χ0) is 12.4. The van der Waals surface area contributed by atoms with Crippen LogP contribution < -0.4 is 5.32 Å². The lowest BCUT2D eigenvalue weighted by Gasteiger charge is -2.32. The molecule has 1 heterocycles. The van der Waals surface area contributed by atoms with Crippen LogP contribution in [0.15, 0.2) is 18.2 Å². The monoisotopic (exact) mass is 240 g/mol. The van der Waals surface area contributed by atoms with E-state index in [1.54, 1.807) is 11.8 Å². The summed E-state index contributed by atoms with van der Waals surface area (Å²) in [6, 6.07) is 3.36. The van der Waals surface area contributed by atoms with Crippen molar-refractivity contribution in [3.63, 3.8) is 0 Å². The van der Waals surface area contributed by atoms with E-state index in [9.17, 15) is 13.6 Å². The van der Waals surface area contributed by atoms with Gasteiger partial charge in [-0.2, -0.15) is 0 Å². The Balaban J connectivity index is 2.24. The molecular weight excluding hydrogens is 226 g/mol. The molecule has 0 spiro atoms. The van der Waals surface area contributed by atoms with Gasteiger partial charge >= 0.3 is 0 Å². The van der Waals surface area contributed by atoms with Crippen molar-refractivity contribution >= 4 is 5.91 Å². The molecule has 1 fully saturated rings. The molecule has 1 aromatic carbocycles. The van der Waals surface area contributed by atoms with Crippen molar-refractivity contribution in [3.05, 3.63) is 35.4 Å². The Morgan fingerprint density at radius 2 is 2.00 bits per heavy atom. The number of halogens is 2. The number of rotatable bonds is 2. The first-order valence-corrected chi connectivity index (χ1v) is 5.54. The Morgan fingerprint density at radius 3 is 2.59 bits per heavy atom. The van der Waals surface area contributed by atoms with Gasteiger partial charge in [-0.25, -0.2) is 8.78 Å². The zero-order valence-electron chi connectivity index (χ0n) is 9.54. The molecule has 0 saturated carbocycles. The van der Waals surface area contributed by atoms with E-state index in [2.05, 4.69) is 5.32 Å². The molecule has 1 aliphatic heterocycles. The number of nitrogens with one attached hydrogen (secondary N) is 1. The minimum Gasteiger partial charge on any atom is -0.354 e. The van der Waals surface area contributed by atoms with Gasteiger partial charge in [-0.15, -0.1) is 0 Å². The molecule has 5 heteroatoms. The van der Waals surface area contributed by atoms with Crippen molar-refractivity contribution < 1.29 is 13.6 Å². The Labute approximate surface area is 98.4 Å². The quantitative estimate of drug-likeness (QED) is 0.848. The van der Waals surface area contributed by atoms with E-state index in [4.69, 9.17) is 0 Å². The van der Waals surface area contributed by atoms with Crippen molar-refractivity contribution in [2.75, 3.05) is 19.6 Å². The molecule has 0 radical (unpaired) electrons. The van der Waals surface area contributed by atoms with E-state index >= 15 is 0 Å². The first-order chi connectivity index (χ1) is 8.09. The van der Waals surface area contributed by atoms with Gasteiger partial charge < -0.3 is 5.32 Å². The van der Waals surface area contributed by atoms with E-state index in [-0.39, 0.29) is 18.0 Å². The average molecular weight is 240 g/mol. The van der Waals surface area contributed by atoms with Crippen LogP contribution in [-0.4, -0.2) is 30.4 Å². The number of amides is 1. The fraction of sp³-hybridized carbons (Fsp3) is 0.417. The average Bonchev–Trinajstić information content (AvgIpc) is 2.28. The predicted octanol–water partition coefficient (Wildman–Crippen LogP) is 1.46. The largest absolute Gasteiger partial charge is 0.354 e. The summed E-state index contributed by atoms with van der Waals surface area (Å²) >= 11 is 0. The van der Waals surface area contributed by atoms with Crippen LogP contribution in [-0.2, 0) is 4.79 Å². The first kappa shape index (κ1) is 12.0. The highest BCUT2D eigenvalue weighted by Gasteiger charge is 2.26. The first-order valence-electron chi connectivity index (χ1n) is 5.54. The maximum Gasteiger partial charge on any atom is 0.234 e. The van der Waals surface area contributed by atoms with Crippen LogP contribution in [0.25, 0.3) is 0 Å². The van der Waals surface area contributed by atoms with Crippen molar-refractivity contribution in [3.8, 4) is 0 Å². The molecule has 2 rings (SSSR count). The third-order valence-electron chi connectivity index (χ3n) is 3.03. The lowest BCUT2D eigenvalue weighted by Crippen LogP contribution is -2.48. The third kappa shape index (κ3) is 2.44. The maximum atomic E-state index is 13.6. The Kier molecular flexibility index (Phi) is 3.38. The fourth-order valence-electron chi connectivity index (χ4n) is 2.08. The van der Waals surface area contributed by atoms with E-state index in [1.165, 1.54) is 18.2 Å². The lowest BCUT2D eigenvalue weighted by atomic mass is 10.0. The van der Waals surface area contributed by atoms with Gasteiger partial charge in [-0.1, -0.05) is 6.07 Å². The highest BCUT2D eigenvalue weighted by molar-refractivity contribution is 5.78. The summed E-state index contributed by atoms with van der Waals surface area (Å²) in [5, 5.41) is 2.68. The van der Waals surface area contributed by atoms with Crippen LogP contribution in [0.4, 0.5) is 8.78 Å². The van der Waals surface area contributed by atoms with Crippen LogP contribution in [0.3, 0.4) is 0 Å². The van der Waals surface area contributed by atoms with Gasteiger partial charge in [0.2, 0.25) is 5.91 Å². The molecule has 1 amide bonds. The van der Waals surface area contributed by atoms with Crippen molar-refractivity contribution in [1.82, 2.24) is 10.2 Å². The molecule has 1 saturated heterocycles. The molecule has 1 aliphatic rings. The molecule has 0 bridgehead atoms. The molecule has 1 unspecified atom stereocenters. The van der Waals surface area contributed by atoms with Crippen LogP contribution in [0.2, 0.25) is 0 Å². The molecular formula is C12H14F2N2O. The second-order valence-corrected chi connectivity index (χ2v) is 4.13. The van der Waals surface area contributed by atoms with Crippen LogP contribution in [0, 0.1) is 11.6 Å². The molecule has 1 N–H and O–H groups in total. The summed E-state index contributed by atoms with van der Waals surface area (Å²) in [4.78, 5) is 13.0. The highest BCUT2D eigenvalue weighted by Crippen LogP contribution is 2.25. The van der Waals surface area contributed by atoms with Gasteiger partial charge in [0.05, 0.1) is 6.54 Å². The standard InChI is InChI=1S/C12H14F2N2O/c1-8(16-6-5-15-11(17)7-16)12-9(13)3-2-4-10(12)14/h2-4,8H,5-7H2,1H3,(H,15,17). The summed E-state index contributed by atoms with van der Waals surface area (Å²) in [5.74, 6) is -1.24. The second-order valence-electron chi connectivity index (χ2n) is 4.13. The number of nitrogens with zero attached hydrogens (tertiary/aromatic N) is 1. The van der Waals surface area contributed by atoms with Crippen LogP contribution in [0.5, 0.6) is 0 Å². The summed E-state index contributed by atoms with van der Waals surface area (Å²) in [7, 11) is 0. The topological polar surface area (TPSA) is 32.3 Å². The molecule has 92 valence electrons. The third-order valence-corrected chi connectivity index (χ3v) is 3.03. The molecule has 17 heavy (non-hydrogen) atoms. The van der Waals surface area contributed by atoms with E-state index < -0.39 is 17.7 Å². The number of hydrogen-bond donors (Lipinski definition) is 1. The molecule has 0 aromatic heterocycles. The highest BCUT2D eigenvalue weighted by atomic mass is 19.1. The smallest absolute Gasteiger partial charge is 0.234 e. The lowest BCUT2D eigenvalue weighted by molar-refractivity contribution is -0.124. The van der Waals surface area contributed by atoms with Gasteiger partial charge in [0.1, 0.15) is 11.6 Å². The second kappa shape index (κ2) is 4.79. The van der Waals surface area contributed by atoms with E-state index in [0.717, 1.165) is 0 Å². The number of carbonyl (C=O) groups excluding carboxylic acids is 1. The van der Waals surface area contributed by atoms with Gasteiger partial charge in [0, 0.05) is 24.7 Å². The van der Waals surface area contributed by atoms with Crippen LogP contribution in [0.1, 0.15) is 18.5 Å². The Hall–Kier alpha value is -1.49. The van der Waals surface area contributed by atoms with Gasteiger partial charge in [-0.05, 0) is 19.1 Å². The number of benzene rings is 1. The molecule has 0 aliphatic carbocycles. The summed E-state index contributed by atoms with van der Waals surface area (Å²) in [6.45, 7) is 3.00. The van der Waals surface area contributed by atoms with Crippen molar-refractivity contribution in [2.24, 2.45) is 0 Å². The Bertz CT molecular complexity index is 416. The number of carbonyl (C=O) groups is 1. The summed E-state index contributed by atoms with van der Waals surface area (Å²) < 4.78 is 27.2. The minimum absolute atomic E-state index is 0.0298. The maximum absolute atomic E-state index is 13.6. The molecule has 1 atom stereocenters.